The molecule has 128 valence electrons. The zero-order valence-electron chi connectivity index (χ0n) is 13.9. The highest BCUT2D eigenvalue weighted by molar-refractivity contribution is 5.94. The van der Waals surface area contributed by atoms with E-state index in [4.69, 9.17) is 5.26 Å². The first-order valence-electron chi connectivity index (χ1n) is 8.24. The minimum Gasteiger partial charge on any atom is -0.390 e. The predicted molar refractivity (Wildman–Crippen MR) is 93.0 cm³/mol. The number of rotatable bonds is 3. The summed E-state index contributed by atoms with van der Waals surface area (Å²) in [5.74, 6) is -0.539. The van der Waals surface area contributed by atoms with Gasteiger partial charge in [-0.15, -0.1) is 0 Å². The second kappa shape index (κ2) is 7.06. The molecule has 0 aromatic heterocycles. The summed E-state index contributed by atoms with van der Waals surface area (Å²) in [5.41, 5.74) is 2.82. The van der Waals surface area contributed by atoms with Crippen LogP contribution in [-0.4, -0.2) is 34.4 Å². The van der Waals surface area contributed by atoms with Gasteiger partial charge >= 0.3 is 0 Å². The number of nitrogens with zero attached hydrogens (tertiary/aromatic N) is 1. The summed E-state index contributed by atoms with van der Waals surface area (Å²) in [6, 6.07) is 15.6. The van der Waals surface area contributed by atoms with E-state index in [9.17, 15) is 15.0 Å². The lowest BCUT2D eigenvalue weighted by Crippen LogP contribution is -2.45. The summed E-state index contributed by atoms with van der Waals surface area (Å²) in [7, 11) is 0. The van der Waals surface area contributed by atoms with Crippen LogP contribution < -0.4 is 5.32 Å². The first-order valence-corrected chi connectivity index (χ1v) is 8.24. The lowest BCUT2D eigenvalue weighted by molar-refractivity contribution is 0.0294. The van der Waals surface area contributed by atoms with Crippen LogP contribution >= 0.6 is 0 Å². The second-order valence-corrected chi connectivity index (χ2v) is 6.45. The molecule has 0 unspecified atom stereocenters. The Kier molecular flexibility index (Phi) is 4.84. The molecule has 1 fully saturated rings. The number of hydrogen-bond acceptors (Lipinski definition) is 4. The molecule has 0 heterocycles. The third-order valence-corrected chi connectivity index (χ3v) is 4.83. The quantitative estimate of drug-likeness (QED) is 0.798. The SMILES string of the molecule is Cc1ccccc1[C@H]1C[C@@H](O)[C@@H](O)[C@@H]1NC(=O)c1cccc(C#N)c1. The number of benzene rings is 2. The van der Waals surface area contributed by atoms with Gasteiger partial charge in [-0.2, -0.15) is 5.26 Å². The van der Waals surface area contributed by atoms with Crippen molar-refractivity contribution in [3.63, 3.8) is 0 Å². The van der Waals surface area contributed by atoms with E-state index in [1.165, 1.54) is 6.07 Å². The monoisotopic (exact) mass is 336 g/mol. The summed E-state index contributed by atoms with van der Waals surface area (Å²) in [4.78, 5) is 12.6. The Labute approximate surface area is 146 Å². The molecule has 0 radical (unpaired) electrons. The maximum atomic E-state index is 12.6. The summed E-state index contributed by atoms with van der Waals surface area (Å²) in [6.45, 7) is 1.97. The van der Waals surface area contributed by atoms with Crippen molar-refractivity contribution in [2.45, 2.75) is 37.5 Å². The number of aliphatic hydroxyl groups is 2. The first kappa shape index (κ1) is 17.2. The van der Waals surface area contributed by atoms with E-state index in [1.54, 1.807) is 18.2 Å². The van der Waals surface area contributed by atoms with Crippen molar-refractivity contribution in [3.8, 4) is 6.07 Å². The molecular weight excluding hydrogens is 316 g/mol. The topological polar surface area (TPSA) is 93.3 Å². The number of amides is 1. The maximum Gasteiger partial charge on any atom is 0.251 e. The van der Waals surface area contributed by atoms with Crippen LogP contribution in [0, 0.1) is 18.3 Å². The van der Waals surface area contributed by atoms with Gasteiger partial charge in [0.05, 0.1) is 23.8 Å². The fourth-order valence-electron chi connectivity index (χ4n) is 3.50. The average molecular weight is 336 g/mol. The number of aryl methyl sites for hydroxylation is 1. The molecule has 0 aliphatic heterocycles. The number of nitriles is 1. The Bertz CT molecular complexity index is 828. The van der Waals surface area contributed by atoms with E-state index in [2.05, 4.69) is 5.32 Å². The van der Waals surface area contributed by atoms with Gasteiger partial charge in [0.1, 0.15) is 6.10 Å². The molecule has 0 spiro atoms. The van der Waals surface area contributed by atoms with Gasteiger partial charge in [0, 0.05) is 11.5 Å². The van der Waals surface area contributed by atoms with Crippen LogP contribution in [0.4, 0.5) is 0 Å². The van der Waals surface area contributed by atoms with Gasteiger partial charge in [-0.1, -0.05) is 30.3 Å². The number of carbonyl (C=O) groups is 1. The summed E-state index contributed by atoms with van der Waals surface area (Å²) in [6.07, 6.45) is -1.54. The third-order valence-electron chi connectivity index (χ3n) is 4.83. The van der Waals surface area contributed by atoms with E-state index >= 15 is 0 Å². The molecule has 2 aromatic rings. The van der Waals surface area contributed by atoms with Crippen LogP contribution in [0.1, 0.15) is 39.4 Å². The first-order chi connectivity index (χ1) is 12.0. The van der Waals surface area contributed by atoms with Crippen LogP contribution in [0.25, 0.3) is 0 Å². The Morgan fingerprint density at radius 3 is 2.68 bits per heavy atom. The van der Waals surface area contributed by atoms with E-state index in [-0.39, 0.29) is 11.8 Å². The number of nitrogens with one attached hydrogen (secondary N) is 1. The zero-order chi connectivity index (χ0) is 18.0. The van der Waals surface area contributed by atoms with Crippen molar-refractivity contribution in [3.05, 3.63) is 70.8 Å². The third kappa shape index (κ3) is 3.41. The molecule has 0 bridgehead atoms. The van der Waals surface area contributed by atoms with Crippen molar-refractivity contribution >= 4 is 5.91 Å². The highest BCUT2D eigenvalue weighted by atomic mass is 16.3. The van der Waals surface area contributed by atoms with Crippen molar-refractivity contribution < 1.29 is 15.0 Å². The van der Waals surface area contributed by atoms with Crippen LogP contribution in [0.15, 0.2) is 48.5 Å². The molecule has 1 aliphatic carbocycles. The molecule has 5 nitrogen and oxygen atoms in total. The minimum atomic E-state index is -1.03. The fraction of sp³-hybridized carbons (Fsp3) is 0.300. The van der Waals surface area contributed by atoms with Crippen LogP contribution in [-0.2, 0) is 0 Å². The smallest absolute Gasteiger partial charge is 0.251 e. The standard InChI is InChI=1S/C20H20N2O3/c1-12-5-2-3-8-15(12)16-10-17(23)19(24)18(16)22-20(25)14-7-4-6-13(9-14)11-21/h2-9,16-19,23-24H,10H2,1H3,(H,22,25)/t16-,17-,18-,19-/m1/s1. The van der Waals surface area contributed by atoms with Gasteiger partial charge in [0.25, 0.3) is 5.91 Å². The molecule has 1 aliphatic rings. The van der Waals surface area contributed by atoms with Gasteiger partial charge in [-0.3, -0.25) is 4.79 Å². The van der Waals surface area contributed by atoms with E-state index in [1.807, 2.05) is 37.3 Å². The normalized spacial score (nSPS) is 25.4. The van der Waals surface area contributed by atoms with Crippen LogP contribution in [0.2, 0.25) is 0 Å². The summed E-state index contributed by atoms with van der Waals surface area (Å²) in [5, 5.41) is 32.3. The molecule has 3 N–H and O–H groups in total. The molecule has 25 heavy (non-hydrogen) atoms. The van der Waals surface area contributed by atoms with Gasteiger partial charge in [0.15, 0.2) is 0 Å². The van der Waals surface area contributed by atoms with Crippen molar-refractivity contribution in [2.75, 3.05) is 0 Å². The second-order valence-electron chi connectivity index (χ2n) is 6.45. The van der Waals surface area contributed by atoms with E-state index < -0.39 is 18.2 Å². The highest BCUT2D eigenvalue weighted by Gasteiger charge is 2.43. The minimum absolute atomic E-state index is 0.172. The molecule has 1 saturated carbocycles. The van der Waals surface area contributed by atoms with Gasteiger partial charge < -0.3 is 15.5 Å². The molecule has 0 saturated heterocycles. The highest BCUT2D eigenvalue weighted by Crippen LogP contribution is 2.36. The number of carbonyl (C=O) groups excluding carboxylic acids is 1. The molecular formula is C20H20N2O3. The molecule has 5 heteroatoms. The Balaban J connectivity index is 1.86. The van der Waals surface area contributed by atoms with Gasteiger partial charge in [0.2, 0.25) is 0 Å². The summed E-state index contributed by atoms with van der Waals surface area (Å²) >= 11 is 0. The van der Waals surface area contributed by atoms with E-state index in [0.717, 1.165) is 11.1 Å². The Morgan fingerprint density at radius 2 is 1.96 bits per heavy atom. The van der Waals surface area contributed by atoms with Crippen molar-refractivity contribution in [1.82, 2.24) is 5.32 Å². The number of aliphatic hydroxyl groups excluding tert-OH is 2. The average Bonchev–Trinajstić information content (AvgIpc) is 2.90. The van der Waals surface area contributed by atoms with Crippen LogP contribution in [0.3, 0.4) is 0 Å². The molecule has 1 amide bonds. The number of hydrogen-bond donors (Lipinski definition) is 3. The Hall–Kier alpha value is -2.68. The van der Waals surface area contributed by atoms with Gasteiger partial charge in [-0.25, -0.2) is 0 Å². The molecule has 3 rings (SSSR count). The van der Waals surface area contributed by atoms with Crippen molar-refractivity contribution in [1.29, 1.82) is 5.26 Å². The Morgan fingerprint density at radius 1 is 1.20 bits per heavy atom. The molecule has 4 atom stereocenters. The van der Waals surface area contributed by atoms with Crippen molar-refractivity contribution in [2.24, 2.45) is 0 Å². The van der Waals surface area contributed by atoms with E-state index in [0.29, 0.717) is 17.5 Å². The largest absolute Gasteiger partial charge is 0.390 e. The van der Waals surface area contributed by atoms with Crippen LogP contribution in [0.5, 0.6) is 0 Å². The predicted octanol–water partition coefficient (Wildman–Crippen LogP) is 1.87. The van der Waals surface area contributed by atoms with Gasteiger partial charge in [-0.05, 0) is 42.7 Å². The summed E-state index contributed by atoms with van der Waals surface area (Å²) < 4.78 is 0. The zero-order valence-corrected chi connectivity index (χ0v) is 13.9. The molecule has 2 aromatic carbocycles. The lowest BCUT2D eigenvalue weighted by Gasteiger charge is -2.25. The fourth-order valence-corrected chi connectivity index (χ4v) is 3.50. The maximum absolute atomic E-state index is 12.6. The lowest BCUT2D eigenvalue weighted by atomic mass is 9.90.